The second-order valence-electron chi connectivity index (χ2n) is 5.61. The van der Waals surface area contributed by atoms with Crippen LogP contribution in [-0.4, -0.2) is 48.4 Å². The van der Waals surface area contributed by atoms with Gasteiger partial charge in [0.05, 0.1) is 6.54 Å². The summed E-state index contributed by atoms with van der Waals surface area (Å²) in [6, 6.07) is 8.30. The van der Waals surface area contributed by atoms with Crippen LogP contribution in [0.2, 0.25) is 0 Å². The number of hydrogen-bond donors (Lipinski definition) is 1. The predicted molar refractivity (Wildman–Crippen MR) is 86.0 cm³/mol. The maximum Gasteiger partial charge on any atom is 0.238 e. The molecule has 0 bridgehead atoms. The Balaban J connectivity index is 1.99. The molecule has 1 unspecified atom stereocenters. The van der Waals surface area contributed by atoms with E-state index in [1.807, 2.05) is 17.0 Å². The molecular weight excluding hydrogens is 262 g/mol. The van der Waals surface area contributed by atoms with E-state index in [0.29, 0.717) is 6.54 Å². The van der Waals surface area contributed by atoms with Crippen molar-refractivity contribution >= 4 is 5.91 Å². The van der Waals surface area contributed by atoms with Crippen LogP contribution < -0.4 is 5.32 Å². The molecule has 21 heavy (non-hydrogen) atoms. The summed E-state index contributed by atoms with van der Waals surface area (Å²) in [6.45, 7) is 10.9. The van der Waals surface area contributed by atoms with Gasteiger partial charge in [-0.1, -0.05) is 38.1 Å². The van der Waals surface area contributed by atoms with Gasteiger partial charge in [-0.25, -0.2) is 0 Å². The minimum absolute atomic E-state index is 0.0374. The van der Waals surface area contributed by atoms with Crippen LogP contribution in [0.25, 0.3) is 0 Å². The number of nitrogens with zero attached hydrogens (tertiary/aromatic N) is 2. The average Bonchev–Trinajstić information content (AvgIpc) is 2.85. The van der Waals surface area contributed by atoms with Gasteiger partial charge in [0, 0.05) is 6.54 Å². The molecule has 4 heteroatoms. The molecule has 1 aromatic rings. The molecule has 0 aromatic heterocycles. The van der Waals surface area contributed by atoms with Gasteiger partial charge in [0.15, 0.2) is 0 Å². The van der Waals surface area contributed by atoms with Gasteiger partial charge in [0.25, 0.3) is 0 Å². The quantitative estimate of drug-likeness (QED) is 0.835. The Morgan fingerprint density at radius 3 is 2.67 bits per heavy atom. The Kier molecular flexibility index (Phi) is 5.76. The van der Waals surface area contributed by atoms with Gasteiger partial charge in [-0.05, 0) is 44.1 Å². The smallest absolute Gasteiger partial charge is 0.238 e. The first-order chi connectivity index (χ1) is 10.2. The fourth-order valence-electron chi connectivity index (χ4n) is 2.97. The van der Waals surface area contributed by atoms with Crippen LogP contribution in [0.1, 0.15) is 37.6 Å². The highest BCUT2D eigenvalue weighted by Crippen LogP contribution is 2.25. The van der Waals surface area contributed by atoms with Crippen molar-refractivity contribution in [3.8, 4) is 0 Å². The van der Waals surface area contributed by atoms with Gasteiger partial charge in [0.2, 0.25) is 5.91 Å². The number of amides is 1. The number of rotatable bonds is 7. The first-order valence-electron chi connectivity index (χ1n) is 7.98. The normalized spacial score (nSPS) is 18.8. The van der Waals surface area contributed by atoms with Crippen molar-refractivity contribution in [3.05, 3.63) is 35.4 Å². The maximum absolute atomic E-state index is 12.1. The monoisotopic (exact) mass is 289 g/mol. The predicted octanol–water partition coefficient (Wildman–Crippen LogP) is 2.16. The lowest BCUT2D eigenvalue weighted by Gasteiger charge is -2.27. The van der Waals surface area contributed by atoms with E-state index < -0.39 is 0 Å². The molecule has 0 saturated carbocycles. The molecule has 1 amide bonds. The summed E-state index contributed by atoms with van der Waals surface area (Å²) in [5.74, 6) is 0.211. The summed E-state index contributed by atoms with van der Waals surface area (Å²) in [6.07, 6.45) is 1.06. The van der Waals surface area contributed by atoms with E-state index in [-0.39, 0.29) is 12.1 Å². The van der Waals surface area contributed by atoms with Gasteiger partial charge in [-0.3, -0.25) is 10.1 Å². The van der Waals surface area contributed by atoms with Crippen LogP contribution in [0.15, 0.2) is 24.3 Å². The second kappa shape index (κ2) is 7.57. The van der Waals surface area contributed by atoms with E-state index in [2.05, 4.69) is 43.1 Å². The van der Waals surface area contributed by atoms with Crippen LogP contribution in [0.4, 0.5) is 0 Å². The number of aryl methyl sites for hydroxylation is 1. The molecule has 116 valence electrons. The minimum Gasteiger partial charge on any atom is -0.322 e. The SMILES string of the molecule is CCN(CC)CCCN1C(=O)CNC1c1ccccc1C. The molecule has 1 saturated heterocycles. The Morgan fingerprint density at radius 1 is 1.29 bits per heavy atom. The Morgan fingerprint density at radius 2 is 2.00 bits per heavy atom. The molecule has 0 aliphatic carbocycles. The molecule has 0 spiro atoms. The van der Waals surface area contributed by atoms with E-state index in [0.717, 1.165) is 32.6 Å². The zero-order chi connectivity index (χ0) is 15.2. The van der Waals surface area contributed by atoms with Crippen LogP contribution in [0.5, 0.6) is 0 Å². The van der Waals surface area contributed by atoms with E-state index in [4.69, 9.17) is 0 Å². The standard InChI is InChI=1S/C17H27N3O/c1-4-19(5-2)11-8-12-20-16(21)13-18-17(20)15-10-7-6-9-14(15)3/h6-7,9-10,17-18H,4-5,8,11-13H2,1-3H3. The molecule has 0 radical (unpaired) electrons. The highest BCUT2D eigenvalue weighted by atomic mass is 16.2. The van der Waals surface area contributed by atoms with Crippen molar-refractivity contribution in [2.75, 3.05) is 32.7 Å². The average molecular weight is 289 g/mol. The first-order valence-corrected chi connectivity index (χ1v) is 7.98. The van der Waals surface area contributed by atoms with Crippen LogP contribution in [0.3, 0.4) is 0 Å². The van der Waals surface area contributed by atoms with Gasteiger partial charge < -0.3 is 9.80 Å². The fraction of sp³-hybridized carbons (Fsp3) is 0.588. The highest BCUT2D eigenvalue weighted by molar-refractivity contribution is 5.81. The molecule has 1 aromatic carbocycles. The molecule has 1 atom stereocenters. The summed E-state index contributed by atoms with van der Waals surface area (Å²) in [5.41, 5.74) is 2.45. The third-order valence-corrected chi connectivity index (χ3v) is 4.33. The minimum atomic E-state index is 0.0374. The lowest BCUT2D eigenvalue weighted by molar-refractivity contribution is -0.128. The molecule has 1 aliphatic heterocycles. The van der Waals surface area contributed by atoms with E-state index in [9.17, 15) is 4.79 Å². The van der Waals surface area contributed by atoms with Crippen molar-refractivity contribution in [2.24, 2.45) is 0 Å². The maximum atomic E-state index is 12.1. The molecule has 1 fully saturated rings. The topological polar surface area (TPSA) is 35.6 Å². The van der Waals surface area contributed by atoms with Crippen molar-refractivity contribution in [3.63, 3.8) is 0 Å². The Bertz CT molecular complexity index is 471. The number of nitrogens with one attached hydrogen (secondary N) is 1. The Labute approximate surface area is 128 Å². The third kappa shape index (κ3) is 3.83. The lowest BCUT2D eigenvalue weighted by Crippen LogP contribution is -2.34. The van der Waals surface area contributed by atoms with Gasteiger partial charge in [-0.15, -0.1) is 0 Å². The van der Waals surface area contributed by atoms with Crippen molar-refractivity contribution in [1.82, 2.24) is 15.1 Å². The van der Waals surface area contributed by atoms with Gasteiger partial charge >= 0.3 is 0 Å². The van der Waals surface area contributed by atoms with E-state index >= 15 is 0 Å². The van der Waals surface area contributed by atoms with Crippen LogP contribution in [-0.2, 0) is 4.79 Å². The van der Waals surface area contributed by atoms with Crippen LogP contribution in [0, 0.1) is 6.92 Å². The summed E-state index contributed by atoms with van der Waals surface area (Å²) < 4.78 is 0. The molecule has 1 aliphatic rings. The molecule has 1 N–H and O–H groups in total. The van der Waals surface area contributed by atoms with Crippen molar-refractivity contribution < 1.29 is 4.79 Å². The third-order valence-electron chi connectivity index (χ3n) is 4.33. The number of carbonyl (C=O) groups excluding carboxylic acids is 1. The highest BCUT2D eigenvalue weighted by Gasteiger charge is 2.31. The van der Waals surface area contributed by atoms with E-state index in [1.165, 1.54) is 11.1 Å². The summed E-state index contributed by atoms with van der Waals surface area (Å²) in [7, 11) is 0. The van der Waals surface area contributed by atoms with Crippen molar-refractivity contribution in [1.29, 1.82) is 0 Å². The molecule has 4 nitrogen and oxygen atoms in total. The zero-order valence-corrected chi connectivity index (χ0v) is 13.4. The summed E-state index contributed by atoms with van der Waals surface area (Å²) in [5, 5.41) is 3.34. The zero-order valence-electron chi connectivity index (χ0n) is 13.4. The number of hydrogen-bond acceptors (Lipinski definition) is 3. The summed E-state index contributed by atoms with van der Waals surface area (Å²) >= 11 is 0. The Hall–Kier alpha value is -1.39. The summed E-state index contributed by atoms with van der Waals surface area (Å²) in [4.78, 5) is 16.5. The first kappa shape index (κ1) is 16.0. The number of carbonyl (C=O) groups is 1. The van der Waals surface area contributed by atoms with E-state index in [1.54, 1.807) is 0 Å². The largest absolute Gasteiger partial charge is 0.322 e. The molecule has 2 rings (SSSR count). The fourth-order valence-corrected chi connectivity index (χ4v) is 2.97. The van der Waals surface area contributed by atoms with Gasteiger partial charge in [0.1, 0.15) is 6.17 Å². The number of benzene rings is 1. The van der Waals surface area contributed by atoms with Crippen molar-refractivity contribution in [2.45, 2.75) is 33.4 Å². The lowest BCUT2D eigenvalue weighted by atomic mass is 10.1. The van der Waals surface area contributed by atoms with Gasteiger partial charge in [-0.2, -0.15) is 0 Å². The molecule has 1 heterocycles. The van der Waals surface area contributed by atoms with Crippen LogP contribution >= 0.6 is 0 Å². The second-order valence-corrected chi connectivity index (χ2v) is 5.61. The molecular formula is C17H27N3O.